The molecule has 0 atom stereocenters. The van der Waals surface area contributed by atoms with Crippen molar-refractivity contribution in [2.45, 2.75) is 37.6 Å². The van der Waals surface area contributed by atoms with E-state index in [1.165, 1.54) is 0 Å². The number of hydrogen-bond acceptors (Lipinski definition) is 1. The summed E-state index contributed by atoms with van der Waals surface area (Å²) in [5, 5.41) is 3.12. The Morgan fingerprint density at radius 2 is 1.89 bits per heavy atom. The van der Waals surface area contributed by atoms with Gasteiger partial charge in [0.25, 0.3) is 0 Å². The third-order valence-corrected chi connectivity index (χ3v) is 4.54. The van der Waals surface area contributed by atoms with Crippen LogP contribution in [-0.4, -0.2) is 17.3 Å². The van der Waals surface area contributed by atoms with Crippen LogP contribution in [-0.2, 0) is 11.2 Å². The Kier molecular flexibility index (Phi) is 4.68. The highest BCUT2D eigenvalue weighted by Gasteiger charge is 2.34. The summed E-state index contributed by atoms with van der Waals surface area (Å²) in [5.41, 5.74) is 0.868. The molecule has 1 saturated carbocycles. The number of halogens is 2. The average Bonchev–Trinajstić information content (AvgIpc) is 2.81. The van der Waals surface area contributed by atoms with Gasteiger partial charge in [-0.2, -0.15) is 0 Å². The topological polar surface area (TPSA) is 29.1 Å². The van der Waals surface area contributed by atoms with E-state index in [-0.39, 0.29) is 11.4 Å². The summed E-state index contributed by atoms with van der Waals surface area (Å²) in [6.07, 6.45) is 4.74. The molecule has 1 aromatic carbocycles. The van der Waals surface area contributed by atoms with Gasteiger partial charge in [-0.15, -0.1) is 11.6 Å². The molecule has 1 fully saturated rings. The lowest BCUT2D eigenvalue weighted by Crippen LogP contribution is -2.48. The first-order chi connectivity index (χ1) is 8.63. The zero-order chi connectivity index (χ0) is 13.0. The van der Waals surface area contributed by atoms with Gasteiger partial charge in [0.15, 0.2) is 0 Å². The molecule has 0 aromatic heterocycles. The van der Waals surface area contributed by atoms with E-state index < -0.39 is 0 Å². The predicted octanol–water partition coefficient (Wildman–Crippen LogP) is 3.66. The summed E-state index contributed by atoms with van der Waals surface area (Å²) in [7, 11) is 0. The number of hydrogen-bond donors (Lipinski definition) is 1. The predicted molar refractivity (Wildman–Crippen MR) is 77.9 cm³/mol. The molecular formula is C14H17BrClNO. The van der Waals surface area contributed by atoms with E-state index in [0.717, 1.165) is 35.7 Å². The SMILES string of the molecule is O=C(Cc1ccc(Br)cc1)NC1(CCl)CCCC1. The fourth-order valence-electron chi connectivity index (χ4n) is 2.47. The second-order valence-corrected chi connectivity index (χ2v) is 6.16. The average molecular weight is 331 g/mol. The number of rotatable bonds is 4. The van der Waals surface area contributed by atoms with Crippen LogP contribution in [0.5, 0.6) is 0 Å². The highest BCUT2D eigenvalue weighted by Crippen LogP contribution is 2.30. The summed E-state index contributed by atoms with van der Waals surface area (Å²) in [5.74, 6) is 0.582. The maximum atomic E-state index is 12.0. The molecule has 0 unspecified atom stereocenters. The molecule has 1 aromatic rings. The van der Waals surface area contributed by atoms with Crippen molar-refractivity contribution in [3.8, 4) is 0 Å². The fraction of sp³-hybridized carbons (Fsp3) is 0.500. The van der Waals surface area contributed by atoms with Gasteiger partial charge >= 0.3 is 0 Å². The third-order valence-electron chi connectivity index (χ3n) is 3.50. The normalized spacial score (nSPS) is 17.7. The highest BCUT2D eigenvalue weighted by molar-refractivity contribution is 9.10. The van der Waals surface area contributed by atoms with Gasteiger partial charge in [-0.25, -0.2) is 0 Å². The van der Waals surface area contributed by atoms with Gasteiger partial charge in [0.1, 0.15) is 0 Å². The molecular weight excluding hydrogens is 314 g/mol. The number of carbonyl (C=O) groups is 1. The zero-order valence-corrected chi connectivity index (χ0v) is 12.6. The number of carbonyl (C=O) groups excluding carboxylic acids is 1. The molecule has 0 heterocycles. The molecule has 2 nitrogen and oxygen atoms in total. The van der Waals surface area contributed by atoms with Crippen molar-refractivity contribution in [3.63, 3.8) is 0 Å². The summed E-state index contributed by atoms with van der Waals surface area (Å²) in [6, 6.07) is 7.84. The number of nitrogens with one attached hydrogen (secondary N) is 1. The molecule has 0 bridgehead atoms. The molecule has 2 rings (SSSR count). The Hall–Kier alpha value is -0.540. The van der Waals surface area contributed by atoms with Gasteiger partial charge in [-0.05, 0) is 30.5 Å². The number of amides is 1. The minimum atomic E-state index is -0.159. The molecule has 1 aliphatic carbocycles. The zero-order valence-electron chi connectivity index (χ0n) is 10.2. The molecule has 0 aliphatic heterocycles. The van der Waals surface area contributed by atoms with Gasteiger partial charge in [-0.1, -0.05) is 40.9 Å². The van der Waals surface area contributed by atoms with Crippen molar-refractivity contribution in [2.24, 2.45) is 0 Å². The minimum Gasteiger partial charge on any atom is -0.349 e. The minimum absolute atomic E-state index is 0.0693. The van der Waals surface area contributed by atoms with Crippen LogP contribution in [0.1, 0.15) is 31.2 Å². The van der Waals surface area contributed by atoms with Crippen molar-refractivity contribution in [3.05, 3.63) is 34.3 Å². The maximum absolute atomic E-state index is 12.0. The van der Waals surface area contributed by atoms with Crippen LogP contribution in [0.4, 0.5) is 0 Å². The van der Waals surface area contributed by atoms with E-state index in [2.05, 4.69) is 21.2 Å². The van der Waals surface area contributed by atoms with Gasteiger partial charge in [-0.3, -0.25) is 4.79 Å². The highest BCUT2D eigenvalue weighted by atomic mass is 79.9. The van der Waals surface area contributed by atoms with E-state index in [1.807, 2.05) is 24.3 Å². The monoisotopic (exact) mass is 329 g/mol. The lowest BCUT2D eigenvalue weighted by atomic mass is 9.99. The molecule has 1 aliphatic rings. The lowest BCUT2D eigenvalue weighted by molar-refractivity contribution is -0.122. The lowest BCUT2D eigenvalue weighted by Gasteiger charge is -2.27. The van der Waals surface area contributed by atoms with Crippen LogP contribution >= 0.6 is 27.5 Å². The Balaban J connectivity index is 1.94. The van der Waals surface area contributed by atoms with Crippen molar-refractivity contribution >= 4 is 33.4 Å². The van der Waals surface area contributed by atoms with Gasteiger partial charge in [0.2, 0.25) is 5.91 Å². The largest absolute Gasteiger partial charge is 0.349 e. The molecule has 4 heteroatoms. The van der Waals surface area contributed by atoms with Crippen molar-refractivity contribution in [2.75, 3.05) is 5.88 Å². The van der Waals surface area contributed by atoms with Crippen LogP contribution in [0.3, 0.4) is 0 Å². The molecule has 0 spiro atoms. The Bertz CT molecular complexity index is 412. The van der Waals surface area contributed by atoms with Crippen molar-refractivity contribution in [1.82, 2.24) is 5.32 Å². The second kappa shape index (κ2) is 6.07. The van der Waals surface area contributed by atoms with Crippen LogP contribution < -0.4 is 5.32 Å². The van der Waals surface area contributed by atoms with Gasteiger partial charge in [0.05, 0.1) is 12.0 Å². The first kappa shape index (κ1) is 13.9. The Morgan fingerprint density at radius 1 is 1.28 bits per heavy atom. The summed E-state index contributed by atoms with van der Waals surface area (Å²) >= 11 is 9.40. The fourth-order valence-corrected chi connectivity index (χ4v) is 3.07. The summed E-state index contributed by atoms with van der Waals surface area (Å²) in [4.78, 5) is 12.0. The van der Waals surface area contributed by atoms with Gasteiger partial charge in [0, 0.05) is 10.4 Å². The van der Waals surface area contributed by atoms with Crippen molar-refractivity contribution < 1.29 is 4.79 Å². The smallest absolute Gasteiger partial charge is 0.224 e. The first-order valence-corrected chi connectivity index (χ1v) is 7.58. The molecule has 1 N–H and O–H groups in total. The molecule has 0 saturated heterocycles. The van der Waals surface area contributed by atoms with E-state index in [1.54, 1.807) is 0 Å². The maximum Gasteiger partial charge on any atom is 0.224 e. The van der Waals surface area contributed by atoms with Gasteiger partial charge < -0.3 is 5.32 Å². The first-order valence-electron chi connectivity index (χ1n) is 6.25. The number of alkyl halides is 1. The van der Waals surface area contributed by atoms with Crippen LogP contribution in [0.15, 0.2) is 28.7 Å². The summed E-state index contributed by atoms with van der Waals surface area (Å²) < 4.78 is 1.03. The van der Waals surface area contributed by atoms with E-state index >= 15 is 0 Å². The molecule has 1 amide bonds. The van der Waals surface area contributed by atoms with E-state index in [4.69, 9.17) is 11.6 Å². The molecule has 98 valence electrons. The Morgan fingerprint density at radius 3 is 2.44 bits per heavy atom. The molecule has 18 heavy (non-hydrogen) atoms. The van der Waals surface area contributed by atoms with Crippen molar-refractivity contribution in [1.29, 1.82) is 0 Å². The van der Waals surface area contributed by atoms with E-state index in [9.17, 15) is 4.79 Å². The second-order valence-electron chi connectivity index (χ2n) is 4.97. The number of benzene rings is 1. The standard InChI is InChI=1S/C14H17BrClNO/c15-12-5-3-11(4-6-12)9-13(18)17-14(10-16)7-1-2-8-14/h3-6H,1-2,7-10H2,(H,17,18). The Labute approximate surface area is 121 Å². The molecule has 0 radical (unpaired) electrons. The quantitative estimate of drug-likeness (QED) is 0.839. The summed E-state index contributed by atoms with van der Waals surface area (Å²) in [6.45, 7) is 0. The van der Waals surface area contributed by atoms with Crippen LogP contribution in [0.25, 0.3) is 0 Å². The van der Waals surface area contributed by atoms with Crippen LogP contribution in [0, 0.1) is 0 Å². The third kappa shape index (κ3) is 3.48. The van der Waals surface area contributed by atoms with E-state index in [0.29, 0.717) is 12.3 Å². The van der Waals surface area contributed by atoms with Crippen LogP contribution in [0.2, 0.25) is 0 Å².